The molecule has 0 aliphatic rings. The van der Waals surface area contributed by atoms with E-state index in [1.54, 1.807) is 43.3 Å². The van der Waals surface area contributed by atoms with Crippen molar-refractivity contribution in [3.63, 3.8) is 0 Å². The molecule has 2 amide bonds. The predicted octanol–water partition coefficient (Wildman–Crippen LogP) is 4.12. The van der Waals surface area contributed by atoms with Crippen LogP contribution < -0.4 is 14.4 Å². The largest absolute Gasteiger partial charge is 0.497 e. The Morgan fingerprint density at radius 2 is 1.57 bits per heavy atom. The molecule has 0 radical (unpaired) electrons. The lowest BCUT2D eigenvalue weighted by Crippen LogP contribution is -2.50. The minimum Gasteiger partial charge on any atom is -0.497 e. The monoisotopic (exact) mass is 587 g/mol. The zero-order valence-electron chi connectivity index (χ0n) is 21.1. The molecule has 0 bridgehead atoms. The summed E-state index contributed by atoms with van der Waals surface area (Å²) in [4.78, 5) is 27.6. The minimum atomic E-state index is -4.13. The zero-order chi connectivity index (χ0) is 27.2. The van der Waals surface area contributed by atoms with E-state index in [2.05, 4.69) is 21.2 Å². The molecule has 0 fully saturated rings. The Labute approximate surface area is 226 Å². The molecule has 0 aliphatic heterocycles. The number of carbonyl (C=O) groups is 2. The molecule has 0 saturated carbocycles. The number of nitrogens with one attached hydrogen (secondary N) is 1. The van der Waals surface area contributed by atoms with Gasteiger partial charge in [-0.25, -0.2) is 8.42 Å². The molecule has 0 saturated heterocycles. The number of methoxy groups -OCH3 is 1. The second-order valence-corrected chi connectivity index (χ2v) is 11.2. The molecule has 8 nitrogen and oxygen atoms in total. The summed E-state index contributed by atoms with van der Waals surface area (Å²) in [6.07, 6.45) is 0. The van der Waals surface area contributed by atoms with Crippen LogP contribution >= 0.6 is 15.9 Å². The molecule has 0 aliphatic carbocycles. The molecule has 0 unspecified atom stereocenters. The number of ether oxygens (including phenoxy) is 1. The summed E-state index contributed by atoms with van der Waals surface area (Å²) < 4.78 is 34.6. The van der Waals surface area contributed by atoms with Gasteiger partial charge in [0.05, 0.1) is 17.7 Å². The molecular formula is C27H30BrN3O5S. The van der Waals surface area contributed by atoms with Crippen molar-refractivity contribution in [1.82, 2.24) is 10.2 Å². The Balaban J connectivity index is 2.01. The van der Waals surface area contributed by atoms with E-state index in [4.69, 9.17) is 4.74 Å². The average Bonchev–Trinajstić information content (AvgIpc) is 2.91. The molecule has 196 valence electrons. The maximum absolute atomic E-state index is 13.8. The number of hydrogen-bond donors (Lipinski definition) is 1. The Bertz CT molecular complexity index is 1330. The van der Waals surface area contributed by atoms with E-state index >= 15 is 0 Å². The van der Waals surface area contributed by atoms with Gasteiger partial charge in [-0.15, -0.1) is 0 Å². The average molecular weight is 589 g/mol. The van der Waals surface area contributed by atoms with Gasteiger partial charge in [-0.1, -0.05) is 45.8 Å². The van der Waals surface area contributed by atoms with Gasteiger partial charge in [0.25, 0.3) is 10.0 Å². The number of anilines is 1. The van der Waals surface area contributed by atoms with Gasteiger partial charge in [0, 0.05) is 18.1 Å². The van der Waals surface area contributed by atoms with Crippen LogP contribution in [0.15, 0.2) is 82.2 Å². The number of likely N-dealkylation sites (N-methyl/N-ethyl adjacent to an activating group) is 1. The molecule has 1 atom stereocenters. The van der Waals surface area contributed by atoms with Gasteiger partial charge in [-0.05, 0) is 67.9 Å². The first-order valence-electron chi connectivity index (χ1n) is 11.6. The van der Waals surface area contributed by atoms with Gasteiger partial charge in [0.1, 0.15) is 18.3 Å². The van der Waals surface area contributed by atoms with E-state index < -0.39 is 28.5 Å². The molecular weight excluding hydrogens is 558 g/mol. The van der Waals surface area contributed by atoms with Crippen molar-refractivity contribution >= 4 is 43.5 Å². The molecule has 10 heteroatoms. The summed E-state index contributed by atoms with van der Waals surface area (Å²) in [6.45, 7) is 3.15. The van der Waals surface area contributed by atoms with Crippen molar-refractivity contribution < 1.29 is 22.7 Å². The number of nitrogens with zero attached hydrogens (tertiary/aromatic N) is 2. The highest BCUT2D eigenvalue weighted by Gasteiger charge is 2.32. The molecule has 3 aromatic carbocycles. The first-order valence-corrected chi connectivity index (χ1v) is 13.8. The number of sulfonamides is 1. The lowest BCUT2D eigenvalue weighted by atomic mass is 10.1. The first kappa shape index (κ1) is 28.2. The summed E-state index contributed by atoms with van der Waals surface area (Å²) in [6, 6.07) is 19.4. The Morgan fingerprint density at radius 1 is 0.973 bits per heavy atom. The number of amides is 2. The summed E-state index contributed by atoms with van der Waals surface area (Å²) in [5, 5.41) is 2.57. The van der Waals surface area contributed by atoms with Gasteiger partial charge in [0.15, 0.2) is 0 Å². The third-order valence-electron chi connectivity index (χ3n) is 5.93. The number of rotatable bonds is 10. The summed E-state index contributed by atoms with van der Waals surface area (Å²) >= 11 is 3.39. The highest BCUT2D eigenvalue weighted by molar-refractivity contribution is 9.10. The standard InChI is InChI=1S/C27H30BrN3O5S/c1-19-5-11-23(12-6-19)31(37(34,35)25-15-13-24(36-4)14-16-25)18-26(32)30(20(2)27(33)29-3)17-21-7-9-22(28)10-8-21/h5-16,20H,17-18H2,1-4H3,(H,29,33)/t20-/m1/s1. The van der Waals surface area contributed by atoms with Gasteiger partial charge >= 0.3 is 0 Å². The molecule has 3 aromatic rings. The first-order chi connectivity index (χ1) is 17.6. The van der Waals surface area contributed by atoms with Crippen LogP contribution in [0.2, 0.25) is 0 Å². The summed E-state index contributed by atoms with van der Waals surface area (Å²) in [5.74, 6) is -0.362. The number of hydrogen-bond acceptors (Lipinski definition) is 5. The van der Waals surface area contributed by atoms with Crippen molar-refractivity contribution in [2.24, 2.45) is 0 Å². The normalized spacial score (nSPS) is 11.9. The Kier molecular flexibility index (Phi) is 9.34. The van der Waals surface area contributed by atoms with Crippen molar-refractivity contribution in [1.29, 1.82) is 0 Å². The second kappa shape index (κ2) is 12.2. The smallest absolute Gasteiger partial charge is 0.264 e. The Morgan fingerprint density at radius 3 is 2.11 bits per heavy atom. The van der Waals surface area contributed by atoms with Gasteiger partial charge < -0.3 is 15.0 Å². The fourth-order valence-corrected chi connectivity index (χ4v) is 5.37. The lowest BCUT2D eigenvalue weighted by Gasteiger charge is -2.31. The van der Waals surface area contributed by atoms with E-state index in [0.717, 1.165) is 19.9 Å². The van der Waals surface area contributed by atoms with Crippen LogP contribution in [0.3, 0.4) is 0 Å². The molecule has 0 aromatic heterocycles. The molecule has 1 N–H and O–H groups in total. The molecule has 0 heterocycles. The van der Waals surface area contributed by atoms with Crippen LogP contribution in [-0.4, -0.2) is 51.9 Å². The van der Waals surface area contributed by atoms with Gasteiger partial charge in [0.2, 0.25) is 11.8 Å². The molecule has 3 rings (SSSR count). The second-order valence-electron chi connectivity index (χ2n) is 8.46. The van der Waals surface area contributed by atoms with E-state index in [1.165, 1.54) is 31.2 Å². The maximum atomic E-state index is 13.8. The number of carbonyl (C=O) groups excluding carboxylic acids is 2. The summed E-state index contributed by atoms with van der Waals surface area (Å²) in [7, 11) is -1.14. The van der Waals surface area contributed by atoms with Crippen LogP contribution in [0.4, 0.5) is 5.69 Å². The van der Waals surface area contributed by atoms with E-state index in [9.17, 15) is 18.0 Å². The topological polar surface area (TPSA) is 96.0 Å². The van der Waals surface area contributed by atoms with Gasteiger partial charge in [-0.3, -0.25) is 13.9 Å². The maximum Gasteiger partial charge on any atom is 0.264 e. The van der Waals surface area contributed by atoms with Crippen LogP contribution in [0.5, 0.6) is 5.75 Å². The molecule has 0 spiro atoms. The third kappa shape index (κ3) is 6.90. The quantitative estimate of drug-likeness (QED) is 0.385. The van der Waals surface area contributed by atoms with Crippen LogP contribution in [-0.2, 0) is 26.2 Å². The van der Waals surface area contributed by atoms with Crippen molar-refractivity contribution in [2.45, 2.75) is 31.3 Å². The fourth-order valence-electron chi connectivity index (χ4n) is 3.69. The minimum absolute atomic E-state index is 0.0143. The SMILES string of the molecule is CNC(=O)[C@@H](C)N(Cc1ccc(Br)cc1)C(=O)CN(c1ccc(C)cc1)S(=O)(=O)c1ccc(OC)cc1. The summed E-state index contributed by atoms with van der Waals surface area (Å²) in [5.41, 5.74) is 2.08. The third-order valence-corrected chi connectivity index (χ3v) is 8.24. The van der Waals surface area contributed by atoms with Crippen LogP contribution in [0.25, 0.3) is 0 Å². The Hall–Kier alpha value is -3.37. The van der Waals surface area contributed by atoms with Crippen molar-refractivity contribution in [3.8, 4) is 5.75 Å². The van der Waals surface area contributed by atoms with E-state index in [1.807, 2.05) is 31.2 Å². The lowest BCUT2D eigenvalue weighted by molar-refractivity contribution is -0.139. The fraction of sp³-hybridized carbons (Fsp3) is 0.259. The predicted molar refractivity (Wildman–Crippen MR) is 147 cm³/mol. The number of aryl methyl sites for hydroxylation is 1. The highest BCUT2D eigenvalue weighted by Crippen LogP contribution is 2.26. The molecule has 37 heavy (non-hydrogen) atoms. The van der Waals surface area contributed by atoms with Crippen LogP contribution in [0.1, 0.15) is 18.1 Å². The number of benzene rings is 3. The van der Waals surface area contributed by atoms with Gasteiger partial charge in [-0.2, -0.15) is 0 Å². The van der Waals surface area contributed by atoms with Crippen molar-refractivity contribution in [3.05, 3.63) is 88.4 Å². The highest BCUT2D eigenvalue weighted by atomic mass is 79.9. The van der Waals surface area contributed by atoms with Crippen LogP contribution in [0, 0.1) is 6.92 Å². The zero-order valence-corrected chi connectivity index (χ0v) is 23.5. The van der Waals surface area contributed by atoms with E-state index in [-0.39, 0.29) is 17.3 Å². The number of halogens is 1. The van der Waals surface area contributed by atoms with E-state index in [0.29, 0.717) is 11.4 Å². The van der Waals surface area contributed by atoms with Crippen molar-refractivity contribution in [2.75, 3.05) is 25.0 Å².